The van der Waals surface area contributed by atoms with Crippen LogP contribution in [0.1, 0.15) is 11.1 Å². The second kappa shape index (κ2) is 7.01. The first-order chi connectivity index (χ1) is 9.79. The third kappa shape index (κ3) is 3.89. The van der Waals surface area contributed by atoms with Crippen LogP contribution in [0.25, 0.3) is 0 Å². The lowest BCUT2D eigenvalue weighted by molar-refractivity contribution is -0.133. The topological polar surface area (TPSA) is 35.5 Å². The Hall–Kier alpha value is -2.73. The van der Waals surface area contributed by atoms with Crippen LogP contribution >= 0.6 is 0 Å². The fourth-order valence-corrected chi connectivity index (χ4v) is 1.60. The van der Waals surface area contributed by atoms with Crippen molar-refractivity contribution in [2.45, 2.75) is 6.61 Å². The molecule has 0 bridgehead atoms. The highest BCUT2D eigenvalue weighted by atomic mass is 16.5. The highest BCUT2D eigenvalue weighted by Crippen LogP contribution is 2.18. The van der Waals surface area contributed by atoms with Gasteiger partial charge in [0, 0.05) is 5.92 Å². The monoisotopic (exact) mass is 266 g/mol. The van der Waals surface area contributed by atoms with Gasteiger partial charge in [-0.15, -0.1) is 0 Å². The largest absolute Gasteiger partial charge is 0.488 e. The Bertz CT molecular complexity index is 636. The number of para-hydroxylation sites is 1. The van der Waals surface area contributed by atoms with Gasteiger partial charge in [-0.25, -0.2) is 4.79 Å². The summed E-state index contributed by atoms with van der Waals surface area (Å²) in [7, 11) is 1.30. The number of rotatable bonds is 3. The first-order valence-corrected chi connectivity index (χ1v) is 6.15. The molecule has 0 saturated heterocycles. The lowest BCUT2D eigenvalue weighted by Gasteiger charge is -2.07. The van der Waals surface area contributed by atoms with Crippen molar-refractivity contribution in [3.05, 3.63) is 65.7 Å². The maximum atomic E-state index is 11.0. The SMILES string of the molecule is COC(=O)C#Cc1ccccc1OCc1ccccc1. The smallest absolute Gasteiger partial charge is 0.384 e. The Balaban J connectivity index is 2.11. The summed E-state index contributed by atoms with van der Waals surface area (Å²) in [6, 6.07) is 17.2. The lowest BCUT2D eigenvalue weighted by Crippen LogP contribution is -1.98. The summed E-state index contributed by atoms with van der Waals surface area (Å²) in [6.07, 6.45) is 0. The van der Waals surface area contributed by atoms with Crippen LogP contribution in [0.3, 0.4) is 0 Å². The predicted octanol–water partition coefficient (Wildman–Crippen LogP) is 2.79. The van der Waals surface area contributed by atoms with Gasteiger partial charge in [0.25, 0.3) is 0 Å². The minimum atomic E-state index is -0.567. The fourth-order valence-electron chi connectivity index (χ4n) is 1.60. The second-order valence-corrected chi connectivity index (χ2v) is 4.01. The third-order valence-corrected chi connectivity index (χ3v) is 2.61. The van der Waals surface area contributed by atoms with Gasteiger partial charge in [0.05, 0.1) is 12.7 Å². The van der Waals surface area contributed by atoms with E-state index < -0.39 is 5.97 Å². The van der Waals surface area contributed by atoms with Gasteiger partial charge in [0.15, 0.2) is 0 Å². The van der Waals surface area contributed by atoms with E-state index in [1.54, 1.807) is 6.07 Å². The molecule has 3 heteroatoms. The van der Waals surface area contributed by atoms with Gasteiger partial charge in [0.2, 0.25) is 0 Å². The van der Waals surface area contributed by atoms with Gasteiger partial charge >= 0.3 is 5.97 Å². The summed E-state index contributed by atoms with van der Waals surface area (Å²) in [5.74, 6) is 5.23. The van der Waals surface area contributed by atoms with Crippen LogP contribution in [-0.4, -0.2) is 13.1 Å². The zero-order chi connectivity index (χ0) is 14.2. The van der Waals surface area contributed by atoms with Gasteiger partial charge in [-0.3, -0.25) is 0 Å². The molecule has 0 spiro atoms. The molecule has 3 nitrogen and oxygen atoms in total. The van der Waals surface area contributed by atoms with E-state index in [1.165, 1.54) is 7.11 Å². The Morgan fingerprint density at radius 3 is 2.50 bits per heavy atom. The molecule has 0 radical (unpaired) electrons. The first kappa shape index (κ1) is 13.7. The van der Waals surface area contributed by atoms with Crippen molar-refractivity contribution < 1.29 is 14.3 Å². The minimum Gasteiger partial charge on any atom is -0.488 e. The molecule has 0 saturated carbocycles. The van der Waals surface area contributed by atoms with Crippen LogP contribution in [0.15, 0.2) is 54.6 Å². The molecular formula is C17H14O3. The maximum absolute atomic E-state index is 11.0. The molecule has 2 aromatic rings. The Morgan fingerprint density at radius 2 is 1.75 bits per heavy atom. The van der Waals surface area contributed by atoms with Crippen LogP contribution < -0.4 is 4.74 Å². The lowest BCUT2D eigenvalue weighted by atomic mass is 10.2. The Labute approximate surface area is 118 Å². The predicted molar refractivity (Wildman–Crippen MR) is 76.1 cm³/mol. The number of esters is 1. The third-order valence-electron chi connectivity index (χ3n) is 2.61. The molecular weight excluding hydrogens is 252 g/mol. The summed E-state index contributed by atoms with van der Waals surface area (Å²) in [5.41, 5.74) is 1.73. The molecule has 0 N–H and O–H groups in total. The summed E-state index contributed by atoms with van der Waals surface area (Å²) in [4.78, 5) is 11.0. The van der Waals surface area contributed by atoms with E-state index in [0.29, 0.717) is 17.9 Å². The first-order valence-electron chi connectivity index (χ1n) is 6.15. The van der Waals surface area contributed by atoms with E-state index >= 15 is 0 Å². The molecule has 100 valence electrons. The van der Waals surface area contributed by atoms with Gasteiger partial charge < -0.3 is 9.47 Å². The van der Waals surface area contributed by atoms with E-state index in [2.05, 4.69) is 16.6 Å². The normalized spacial score (nSPS) is 9.25. The number of ether oxygens (including phenoxy) is 2. The number of carbonyl (C=O) groups excluding carboxylic acids is 1. The number of carbonyl (C=O) groups is 1. The van der Waals surface area contributed by atoms with Gasteiger partial charge in [-0.05, 0) is 17.7 Å². The number of hydrogen-bond acceptors (Lipinski definition) is 3. The molecule has 0 unspecified atom stereocenters. The van der Waals surface area contributed by atoms with Crippen molar-refractivity contribution >= 4 is 5.97 Å². The quantitative estimate of drug-likeness (QED) is 0.633. The van der Waals surface area contributed by atoms with Crippen molar-refractivity contribution in [2.75, 3.05) is 7.11 Å². The number of methoxy groups -OCH3 is 1. The van der Waals surface area contributed by atoms with Crippen molar-refractivity contribution in [1.82, 2.24) is 0 Å². The van der Waals surface area contributed by atoms with E-state index in [-0.39, 0.29) is 0 Å². The van der Waals surface area contributed by atoms with Crippen LogP contribution in [-0.2, 0) is 16.1 Å². The highest BCUT2D eigenvalue weighted by Gasteiger charge is 2.01. The van der Waals surface area contributed by atoms with E-state index in [0.717, 1.165) is 5.56 Å². The van der Waals surface area contributed by atoms with Gasteiger partial charge in [-0.2, -0.15) is 0 Å². The zero-order valence-electron chi connectivity index (χ0n) is 11.1. The zero-order valence-corrected chi connectivity index (χ0v) is 11.1. The van der Waals surface area contributed by atoms with Crippen LogP contribution in [0.5, 0.6) is 5.75 Å². The minimum absolute atomic E-state index is 0.456. The number of hydrogen-bond donors (Lipinski definition) is 0. The molecule has 2 rings (SSSR count). The standard InChI is InChI=1S/C17H14O3/c1-19-17(18)12-11-15-9-5-6-10-16(15)20-13-14-7-3-2-4-8-14/h2-10H,13H2,1H3. The molecule has 20 heavy (non-hydrogen) atoms. The average molecular weight is 266 g/mol. The molecule has 0 heterocycles. The van der Waals surface area contributed by atoms with Crippen molar-refractivity contribution in [3.8, 4) is 17.6 Å². The summed E-state index contributed by atoms with van der Waals surface area (Å²) < 4.78 is 10.2. The summed E-state index contributed by atoms with van der Waals surface area (Å²) in [6.45, 7) is 0.456. The van der Waals surface area contributed by atoms with E-state index in [9.17, 15) is 4.79 Å². The van der Waals surface area contributed by atoms with Gasteiger partial charge in [-0.1, -0.05) is 48.4 Å². The maximum Gasteiger partial charge on any atom is 0.384 e. The summed E-state index contributed by atoms with van der Waals surface area (Å²) >= 11 is 0. The van der Waals surface area contributed by atoms with E-state index in [4.69, 9.17) is 4.74 Å². The molecule has 0 amide bonds. The Morgan fingerprint density at radius 1 is 1.05 bits per heavy atom. The average Bonchev–Trinajstić information content (AvgIpc) is 2.52. The fraction of sp³-hybridized carbons (Fsp3) is 0.118. The summed E-state index contributed by atoms with van der Waals surface area (Å²) in [5, 5.41) is 0. The van der Waals surface area contributed by atoms with Crippen LogP contribution in [0, 0.1) is 11.8 Å². The highest BCUT2D eigenvalue weighted by molar-refractivity contribution is 5.89. The molecule has 0 aliphatic rings. The van der Waals surface area contributed by atoms with Crippen LogP contribution in [0.2, 0.25) is 0 Å². The molecule has 0 aromatic heterocycles. The van der Waals surface area contributed by atoms with Crippen LogP contribution in [0.4, 0.5) is 0 Å². The van der Waals surface area contributed by atoms with E-state index in [1.807, 2.05) is 48.5 Å². The van der Waals surface area contributed by atoms with Gasteiger partial charge in [0.1, 0.15) is 12.4 Å². The number of benzene rings is 2. The molecule has 0 fully saturated rings. The Kier molecular flexibility index (Phi) is 4.80. The molecule has 0 aliphatic carbocycles. The van der Waals surface area contributed by atoms with Crippen molar-refractivity contribution in [1.29, 1.82) is 0 Å². The molecule has 0 aliphatic heterocycles. The second-order valence-electron chi connectivity index (χ2n) is 4.01. The van der Waals surface area contributed by atoms with Crippen molar-refractivity contribution in [3.63, 3.8) is 0 Å². The molecule has 2 aromatic carbocycles. The van der Waals surface area contributed by atoms with Crippen molar-refractivity contribution in [2.24, 2.45) is 0 Å². The molecule has 0 atom stereocenters.